The standard InChI is InChI=1S/C20H18F3N3O3S/c1-3-10(2)26-17-16(18(27)25-19(26)30)12(20(21,22)23)9-13(24-17)11-4-5-14-15(8-11)29-7-6-28-14/h4-5,8-10H,3,6-7H2,1-2H3,(H,25,27,30)/t10-/m1/s1. The molecule has 3 aromatic rings. The summed E-state index contributed by atoms with van der Waals surface area (Å²) in [6, 6.07) is 5.44. The number of hydrogen-bond donors (Lipinski definition) is 1. The molecule has 0 saturated carbocycles. The summed E-state index contributed by atoms with van der Waals surface area (Å²) in [4.78, 5) is 19.3. The number of nitrogens with zero attached hydrogens (tertiary/aromatic N) is 2. The lowest BCUT2D eigenvalue weighted by atomic mass is 10.0. The first-order valence-electron chi connectivity index (χ1n) is 9.37. The lowest BCUT2D eigenvalue weighted by molar-refractivity contribution is -0.136. The maximum atomic E-state index is 13.9. The molecular formula is C20H18F3N3O3S. The van der Waals surface area contributed by atoms with E-state index in [-0.39, 0.29) is 22.2 Å². The fourth-order valence-corrected chi connectivity index (χ4v) is 3.77. The summed E-state index contributed by atoms with van der Waals surface area (Å²) < 4.78 is 54.3. The molecule has 30 heavy (non-hydrogen) atoms. The van der Waals surface area contributed by atoms with E-state index >= 15 is 0 Å². The number of benzene rings is 1. The Labute approximate surface area is 174 Å². The zero-order valence-corrected chi connectivity index (χ0v) is 17.0. The van der Waals surface area contributed by atoms with Crippen molar-refractivity contribution in [1.29, 1.82) is 0 Å². The van der Waals surface area contributed by atoms with Gasteiger partial charge in [0.15, 0.2) is 16.3 Å². The molecule has 2 aromatic heterocycles. The van der Waals surface area contributed by atoms with Crippen LogP contribution in [0.4, 0.5) is 13.2 Å². The summed E-state index contributed by atoms with van der Waals surface area (Å²) in [5, 5.41) is -0.530. The predicted molar refractivity (Wildman–Crippen MR) is 108 cm³/mol. The van der Waals surface area contributed by atoms with Crippen LogP contribution < -0.4 is 15.0 Å². The number of pyridine rings is 1. The molecule has 0 amide bonds. The minimum absolute atomic E-state index is 0.0294. The summed E-state index contributed by atoms with van der Waals surface area (Å²) in [5.74, 6) is 0.944. The molecule has 158 valence electrons. The highest BCUT2D eigenvalue weighted by Gasteiger charge is 2.36. The van der Waals surface area contributed by atoms with E-state index in [4.69, 9.17) is 21.7 Å². The van der Waals surface area contributed by atoms with Gasteiger partial charge in [-0.2, -0.15) is 13.2 Å². The Hall–Kier alpha value is -2.88. The van der Waals surface area contributed by atoms with Gasteiger partial charge in [-0.05, 0) is 49.8 Å². The number of aromatic nitrogens is 3. The van der Waals surface area contributed by atoms with Crippen LogP contribution in [0.1, 0.15) is 31.9 Å². The average molecular weight is 437 g/mol. The maximum absolute atomic E-state index is 13.9. The number of halogens is 3. The van der Waals surface area contributed by atoms with E-state index < -0.39 is 22.7 Å². The molecule has 10 heteroatoms. The number of ether oxygens (including phenoxy) is 2. The van der Waals surface area contributed by atoms with Crippen molar-refractivity contribution >= 4 is 23.3 Å². The van der Waals surface area contributed by atoms with Gasteiger partial charge in [-0.25, -0.2) is 4.98 Å². The molecule has 0 unspecified atom stereocenters. The smallest absolute Gasteiger partial charge is 0.417 e. The molecule has 1 aliphatic rings. The van der Waals surface area contributed by atoms with Gasteiger partial charge in [0, 0.05) is 11.6 Å². The Morgan fingerprint density at radius 1 is 1.23 bits per heavy atom. The third-order valence-electron chi connectivity index (χ3n) is 5.07. The summed E-state index contributed by atoms with van der Waals surface area (Å²) >= 11 is 5.24. The first-order chi connectivity index (χ1) is 14.2. The van der Waals surface area contributed by atoms with E-state index in [9.17, 15) is 18.0 Å². The average Bonchev–Trinajstić information content (AvgIpc) is 2.71. The third kappa shape index (κ3) is 3.45. The van der Waals surface area contributed by atoms with E-state index in [0.29, 0.717) is 36.7 Å². The summed E-state index contributed by atoms with van der Waals surface area (Å²) in [7, 11) is 0. The van der Waals surface area contributed by atoms with Crippen LogP contribution in [0.25, 0.3) is 22.3 Å². The van der Waals surface area contributed by atoms with E-state index in [1.54, 1.807) is 25.1 Å². The Morgan fingerprint density at radius 3 is 2.60 bits per heavy atom. The van der Waals surface area contributed by atoms with Gasteiger partial charge in [0.25, 0.3) is 5.56 Å². The number of nitrogens with one attached hydrogen (secondary N) is 1. The highest BCUT2D eigenvalue weighted by molar-refractivity contribution is 7.71. The van der Waals surface area contributed by atoms with E-state index in [1.165, 1.54) is 4.57 Å². The zero-order chi connectivity index (χ0) is 21.6. The highest BCUT2D eigenvalue weighted by atomic mass is 32.1. The van der Waals surface area contributed by atoms with Crippen LogP contribution in [-0.4, -0.2) is 27.7 Å². The Kier molecular flexibility index (Phi) is 5.05. The fourth-order valence-electron chi connectivity index (χ4n) is 3.41. The molecule has 1 aliphatic heterocycles. The van der Waals surface area contributed by atoms with Crippen LogP contribution in [-0.2, 0) is 6.18 Å². The lowest BCUT2D eigenvalue weighted by Crippen LogP contribution is -2.22. The molecular weight excluding hydrogens is 419 g/mol. The second kappa shape index (κ2) is 7.42. The van der Waals surface area contributed by atoms with Gasteiger partial charge >= 0.3 is 6.18 Å². The van der Waals surface area contributed by atoms with Gasteiger partial charge in [-0.3, -0.25) is 14.3 Å². The number of alkyl halides is 3. The van der Waals surface area contributed by atoms with Crippen molar-refractivity contribution in [3.8, 4) is 22.8 Å². The number of aromatic amines is 1. The fraction of sp³-hybridized carbons (Fsp3) is 0.350. The van der Waals surface area contributed by atoms with E-state index in [2.05, 4.69) is 9.97 Å². The van der Waals surface area contributed by atoms with Crippen molar-refractivity contribution in [2.24, 2.45) is 0 Å². The number of H-pyrrole nitrogens is 1. The van der Waals surface area contributed by atoms with Crippen LogP contribution >= 0.6 is 12.2 Å². The SMILES string of the molecule is CC[C@@H](C)n1c(=S)[nH]c(=O)c2c(C(F)(F)F)cc(-c3ccc4c(c3)OCCO4)nc21. The molecule has 1 aromatic carbocycles. The second-order valence-corrected chi connectivity index (χ2v) is 7.38. The number of rotatable bonds is 3. The Balaban J connectivity index is 2.07. The van der Waals surface area contributed by atoms with Crippen LogP contribution in [0.5, 0.6) is 11.5 Å². The zero-order valence-electron chi connectivity index (χ0n) is 16.2. The summed E-state index contributed by atoms with van der Waals surface area (Å²) in [5.41, 5.74) is -1.61. The topological polar surface area (TPSA) is 69.1 Å². The lowest BCUT2D eigenvalue weighted by Gasteiger charge is -2.21. The van der Waals surface area contributed by atoms with Crippen molar-refractivity contribution in [3.63, 3.8) is 0 Å². The Morgan fingerprint density at radius 2 is 1.93 bits per heavy atom. The van der Waals surface area contributed by atoms with Gasteiger partial charge in [-0.1, -0.05) is 6.92 Å². The van der Waals surface area contributed by atoms with Crippen molar-refractivity contribution in [1.82, 2.24) is 14.5 Å². The molecule has 0 saturated heterocycles. The van der Waals surface area contributed by atoms with Gasteiger partial charge in [-0.15, -0.1) is 0 Å². The van der Waals surface area contributed by atoms with Crippen LogP contribution in [0.3, 0.4) is 0 Å². The van der Waals surface area contributed by atoms with Crippen molar-refractivity contribution < 1.29 is 22.6 Å². The minimum atomic E-state index is -4.76. The monoisotopic (exact) mass is 437 g/mol. The molecule has 0 radical (unpaired) electrons. The minimum Gasteiger partial charge on any atom is -0.486 e. The van der Waals surface area contributed by atoms with Crippen molar-refractivity contribution in [2.75, 3.05) is 13.2 Å². The van der Waals surface area contributed by atoms with Crippen LogP contribution in [0.15, 0.2) is 29.1 Å². The molecule has 3 heterocycles. The molecule has 0 bridgehead atoms. The summed E-state index contributed by atoms with van der Waals surface area (Å²) in [6.45, 7) is 4.42. The Bertz CT molecular complexity index is 1250. The van der Waals surface area contributed by atoms with E-state index in [0.717, 1.165) is 6.07 Å². The highest BCUT2D eigenvalue weighted by Crippen LogP contribution is 2.38. The molecule has 0 spiro atoms. The van der Waals surface area contributed by atoms with Crippen LogP contribution in [0.2, 0.25) is 0 Å². The van der Waals surface area contributed by atoms with Crippen molar-refractivity contribution in [3.05, 3.63) is 45.0 Å². The third-order valence-corrected chi connectivity index (χ3v) is 5.37. The second-order valence-electron chi connectivity index (χ2n) is 7.00. The predicted octanol–water partition coefficient (Wildman–Crippen LogP) is 4.88. The molecule has 4 rings (SSSR count). The summed E-state index contributed by atoms with van der Waals surface area (Å²) in [6.07, 6.45) is -4.17. The number of fused-ring (bicyclic) bond motifs is 2. The van der Waals surface area contributed by atoms with E-state index in [1.807, 2.05) is 6.92 Å². The number of hydrogen-bond acceptors (Lipinski definition) is 5. The molecule has 1 atom stereocenters. The quantitative estimate of drug-likeness (QED) is 0.592. The largest absolute Gasteiger partial charge is 0.486 e. The first kappa shape index (κ1) is 20.4. The first-order valence-corrected chi connectivity index (χ1v) is 9.78. The normalized spacial score (nSPS) is 14.7. The molecule has 1 N–H and O–H groups in total. The maximum Gasteiger partial charge on any atom is 0.417 e. The molecule has 0 aliphatic carbocycles. The molecule has 0 fully saturated rings. The van der Waals surface area contributed by atoms with Crippen LogP contribution in [0, 0.1) is 4.77 Å². The van der Waals surface area contributed by atoms with Crippen molar-refractivity contribution in [2.45, 2.75) is 32.5 Å². The van der Waals surface area contributed by atoms with Gasteiger partial charge < -0.3 is 9.47 Å². The molecule has 6 nitrogen and oxygen atoms in total. The van der Waals surface area contributed by atoms with Gasteiger partial charge in [0.1, 0.15) is 18.9 Å². The van der Waals surface area contributed by atoms with Gasteiger partial charge in [0.05, 0.1) is 16.6 Å². The van der Waals surface area contributed by atoms with Gasteiger partial charge in [0.2, 0.25) is 0 Å².